The van der Waals surface area contributed by atoms with Crippen molar-refractivity contribution in [3.63, 3.8) is 0 Å². The molecule has 0 aromatic rings. The van der Waals surface area contributed by atoms with Gasteiger partial charge in [-0.25, -0.2) is 0 Å². The van der Waals surface area contributed by atoms with Crippen LogP contribution in [0, 0.1) is 44.8 Å². The maximum Gasteiger partial charge on any atom is -0.00569 e. The van der Waals surface area contributed by atoms with Crippen LogP contribution in [0.5, 0.6) is 0 Å². The molecule has 0 saturated heterocycles. The van der Waals surface area contributed by atoms with Gasteiger partial charge in [-0.05, 0) is 116 Å². The molecule has 5 saturated carbocycles. The Balaban J connectivity index is 1.56. The summed E-state index contributed by atoms with van der Waals surface area (Å²) in [6.07, 6.45) is 14.9. The number of hydrogen-bond donors (Lipinski definition) is 0. The second kappa shape index (κ2) is 5.26. The summed E-state index contributed by atoms with van der Waals surface area (Å²) < 4.78 is 0. The number of fused-ring (bicyclic) bond motifs is 2. The van der Waals surface area contributed by atoms with Crippen LogP contribution in [-0.4, -0.2) is 0 Å². The molecule has 152 valence electrons. The molecule has 0 amide bonds. The van der Waals surface area contributed by atoms with E-state index in [4.69, 9.17) is 0 Å². The minimum absolute atomic E-state index is 0.497. The molecular weight excluding hydrogens is 324 g/mol. The topological polar surface area (TPSA) is 0 Å². The summed E-state index contributed by atoms with van der Waals surface area (Å²) in [4.78, 5) is 0. The van der Waals surface area contributed by atoms with Gasteiger partial charge in [-0.1, -0.05) is 52.7 Å². The van der Waals surface area contributed by atoms with E-state index < -0.39 is 0 Å². The number of hydrogen-bond acceptors (Lipinski definition) is 0. The van der Waals surface area contributed by atoms with Crippen molar-refractivity contribution in [2.24, 2.45) is 44.8 Å². The van der Waals surface area contributed by atoms with Crippen molar-refractivity contribution >= 4 is 0 Å². The molecule has 0 N–H and O–H groups in total. The minimum Gasteiger partial charge on any atom is -0.0738 e. The number of rotatable bonds is 1. The Hall–Kier alpha value is -0.260. The molecule has 5 fully saturated rings. The molecule has 5 aliphatic rings. The monoisotopic (exact) mass is 368 g/mol. The third-order valence-corrected chi connectivity index (χ3v) is 12.5. The van der Waals surface area contributed by atoms with Crippen molar-refractivity contribution in [2.75, 3.05) is 0 Å². The smallest absolute Gasteiger partial charge is 0.00569 e. The molecule has 7 atom stereocenters. The summed E-state index contributed by atoms with van der Waals surface area (Å²) in [6, 6.07) is 0. The van der Waals surface area contributed by atoms with Crippen molar-refractivity contribution in [3.05, 3.63) is 11.1 Å². The Morgan fingerprint density at radius 1 is 0.889 bits per heavy atom. The van der Waals surface area contributed by atoms with Gasteiger partial charge < -0.3 is 0 Å². The van der Waals surface area contributed by atoms with E-state index in [1.165, 1.54) is 44.9 Å². The lowest BCUT2D eigenvalue weighted by Crippen LogP contribution is -2.55. The molecule has 2 unspecified atom stereocenters. The second-order valence-electron chi connectivity index (χ2n) is 12.8. The van der Waals surface area contributed by atoms with Crippen molar-refractivity contribution in [2.45, 2.75) is 113 Å². The highest BCUT2D eigenvalue weighted by Gasteiger charge is 2.81. The van der Waals surface area contributed by atoms with E-state index in [1.54, 1.807) is 24.8 Å². The van der Waals surface area contributed by atoms with Gasteiger partial charge in [-0.15, -0.1) is 0 Å². The van der Waals surface area contributed by atoms with Crippen molar-refractivity contribution in [1.29, 1.82) is 0 Å². The molecule has 27 heavy (non-hydrogen) atoms. The van der Waals surface area contributed by atoms with Gasteiger partial charge in [0.2, 0.25) is 0 Å². The molecule has 0 radical (unpaired) electrons. The third kappa shape index (κ3) is 1.88. The first-order valence-corrected chi connectivity index (χ1v) is 12.3. The van der Waals surface area contributed by atoms with Crippen LogP contribution in [0.4, 0.5) is 0 Å². The largest absolute Gasteiger partial charge is 0.0738 e. The van der Waals surface area contributed by atoms with Gasteiger partial charge in [-0.2, -0.15) is 0 Å². The van der Waals surface area contributed by atoms with Crippen molar-refractivity contribution < 1.29 is 0 Å². The molecule has 5 rings (SSSR count). The second-order valence-corrected chi connectivity index (χ2v) is 12.8. The first-order chi connectivity index (χ1) is 12.6. The molecule has 0 bridgehead atoms. The summed E-state index contributed by atoms with van der Waals surface area (Å²) in [5.74, 6) is 2.93. The molecule has 2 spiro atoms. The summed E-state index contributed by atoms with van der Waals surface area (Å²) >= 11 is 0. The molecule has 0 aromatic heterocycles. The quantitative estimate of drug-likeness (QED) is 0.409. The standard InChI is InChI=1S/C27H44/c1-8-18(2)20-12-13-25(7)22-10-9-21-23(4,5)19(3)11-14-26(21)17-27(22,26)16-15-24(20,25)6/h19,21-22H,8-17H2,1-7H3/b20-18+/t19-,21?,22?,24+,25-,26+,27-/m0/s1. The minimum atomic E-state index is 0.497. The highest BCUT2D eigenvalue weighted by molar-refractivity contribution is 5.36. The van der Waals surface area contributed by atoms with E-state index in [2.05, 4.69) is 48.5 Å². The predicted molar refractivity (Wildman–Crippen MR) is 116 cm³/mol. The summed E-state index contributed by atoms with van der Waals surface area (Å²) in [5, 5.41) is 0. The molecule has 5 aliphatic carbocycles. The van der Waals surface area contributed by atoms with Crippen LogP contribution in [0.15, 0.2) is 11.1 Å². The van der Waals surface area contributed by atoms with Crippen LogP contribution >= 0.6 is 0 Å². The van der Waals surface area contributed by atoms with Gasteiger partial charge in [0.1, 0.15) is 0 Å². The lowest BCUT2D eigenvalue weighted by molar-refractivity contribution is -0.130. The first-order valence-electron chi connectivity index (χ1n) is 12.3. The van der Waals surface area contributed by atoms with E-state index in [0.29, 0.717) is 16.2 Å². The van der Waals surface area contributed by atoms with Gasteiger partial charge in [0.15, 0.2) is 0 Å². The number of allylic oxidation sites excluding steroid dienone is 2. The fourth-order valence-corrected chi connectivity index (χ4v) is 10.2. The third-order valence-electron chi connectivity index (χ3n) is 12.5. The van der Waals surface area contributed by atoms with E-state index in [0.717, 1.165) is 28.6 Å². The molecule has 0 aromatic carbocycles. The van der Waals surface area contributed by atoms with Crippen LogP contribution in [0.1, 0.15) is 113 Å². The van der Waals surface area contributed by atoms with E-state index in [-0.39, 0.29) is 0 Å². The Kier molecular flexibility index (Phi) is 3.65. The van der Waals surface area contributed by atoms with Crippen LogP contribution in [0.3, 0.4) is 0 Å². The normalized spacial score (nSPS) is 57.2. The van der Waals surface area contributed by atoms with E-state index >= 15 is 0 Å². The summed E-state index contributed by atoms with van der Waals surface area (Å²) in [5.41, 5.74) is 6.71. The maximum absolute atomic E-state index is 2.75. The molecule has 0 heterocycles. The highest BCUT2D eigenvalue weighted by atomic mass is 14.9. The van der Waals surface area contributed by atoms with Gasteiger partial charge in [0.05, 0.1) is 0 Å². The summed E-state index contributed by atoms with van der Waals surface area (Å²) in [6.45, 7) is 18.1. The van der Waals surface area contributed by atoms with Crippen molar-refractivity contribution in [3.8, 4) is 0 Å². The molecule has 0 aliphatic heterocycles. The lowest BCUT2D eigenvalue weighted by Gasteiger charge is -2.62. The summed E-state index contributed by atoms with van der Waals surface area (Å²) in [7, 11) is 0. The van der Waals surface area contributed by atoms with Crippen molar-refractivity contribution in [1.82, 2.24) is 0 Å². The SMILES string of the molecule is CC/C(C)=C1\CC[C@@]2(C)C3CCC4C(C)(C)[C@@H](C)CC[C@@]45C[C@@]35CC[C@]12C. The lowest BCUT2D eigenvalue weighted by atomic mass is 9.42. The van der Waals surface area contributed by atoms with Crippen LogP contribution < -0.4 is 0 Å². The molecule has 0 nitrogen and oxygen atoms in total. The average molecular weight is 369 g/mol. The Labute approximate surface area is 169 Å². The maximum atomic E-state index is 2.75. The highest BCUT2D eigenvalue weighted by Crippen LogP contribution is 2.89. The zero-order valence-electron chi connectivity index (χ0n) is 19.3. The van der Waals surface area contributed by atoms with Gasteiger partial charge in [0, 0.05) is 0 Å². The zero-order valence-corrected chi connectivity index (χ0v) is 19.3. The zero-order chi connectivity index (χ0) is 19.5. The van der Waals surface area contributed by atoms with Crippen LogP contribution in [-0.2, 0) is 0 Å². The first kappa shape index (κ1) is 18.7. The van der Waals surface area contributed by atoms with Gasteiger partial charge in [0.25, 0.3) is 0 Å². The average Bonchev–Trinajstić information content (AvgIpc) is 3.21. The fraction of sp³-hybridized carbons (Fsp3) is 0.926. The Morgan fingerprint density at radius 2 is 1.56 bits per heavy atom. The van der Waals surface area contributed by atoms with E-state index in [1.807, 2.05) is 5.57 Å². The predicted octanol–water partition coefficient (Wildman–Crippen LogP) is 8.17. The van der Waals surface area contributed by atoms with Crippen LogP contribution in [0.2, 0.25) is 0 Å². The van der Waals surface area contributed by atoms with E-state index in [9.17, 15) is 0 Å². The molecular formula is C27H44. The Morgan fingerprint density at radius 3 is 2.26 bits per heavy atom. The van der Waals surface area contributed by atoms with Gasteiger partial charge >= 0.3 is 0 Å². The Bertz CT molecular complexity index is 697. The fourth-order valence-electron chi connectivity index (χ4n) is 10.2. The van der Waals surface area contributed by atoms with Crippen LogP contribution in [0.25, 0.3) is 0 Å². The van der Waals surface area contributed by atoms with Gasteiger partial charge in [-0.3, -0.25) is 0 Å². The molecule has 0 heteroatoms.